The number of rotatable bonds is 19. The minimum Gasteiger partial charge on any atom is -0.490 e. The molecule has 1 aliphatic heterocycles. The number of halogens is 1. The van der Waals surface area contributed by atoms with Gasteiger partial charge in [0.25, 0.3) is 0 Å². The molecule has 1 saturated carbocycles. The van der Waals surface area contributed by atoms with E-state index in [9.17, 15) is 19.4 Å². The Morgan fingerprint density at radius 1 is 1.06 bits per heavy atom. The Labute approximate surface area is 306 Å². The molecule has 0 bridgehead atoms. The summed E-state index contributed by atoms with van der Waals surface area (Å²) in [7, 11) is 1.51. The van der Waals surface area contributed by atoms with Crippen molar-refractivity contribution in [2.45, 2.75) is 76.2 Å². The number of carbonyl (C=O) groups is 1. The number of allylic oxidation sites excluding steroid dienone is 1. The number of carbonyl (C=O) groups excluding carboxylic acids is 1. The number of aliphatic hydroxyl groups excluding tert-OH is 2. The Balaban J connectivity index is 1.78. The van der Waals surface area contributed by atoms with Crippen molar-refractivity contribution in [2.75, 3.05) is 40.1 Å². The first-order valence-corrected chi connectivity index (χ1v) is 18.4. The Bertz CT molecular complexity index is 1580. The maximum absolute atomic E-state index is 14.1. The fraction of sp³-hybridized carbons (Fsp3) is 0.512. The zero-order valence-corrected chi connectivity index (χ0v) is 30.4. The number of aliphatic hydroxyl groups is 2. The van der Waals surface area contributed by atoms with E-state index in [1.165, 1.54) is 19.2 Å². The predicted molar refractivity (Wildman–Crippen MR) is 197 cm³/mol. The minimum atomic E-state index is -1.44. The monoisotopic (exact) mass is 720 g/mol. The van der Waals surface area contributed by atoms with Gasteiger partial charge in [-0.15, -0.1) is 6.58 Å². The fourth-order valence-electron chi connectivity index (χ4n) is 8.30. The van der Waals surface area contributed by atoms with Crippen LogP contribution in [0, 0.1) is 23.6 Å². The van der Waals surface area contributed by atoms with E-state index in [0.29, 0.717) is 42.2 Å². The number of ether oxygens (including phenoxy) is 4. The van der Waals surface area contributed by atoms with Crippen molar-refractivity contribution in [3.63, 3.8) is 0 Å². The molecule has 2 N–H and O–H groups in total. The van der Waals surface area contributed by atoms with Gasteiger partial charge >= 0.3 is 6.09 Å². The Morgan fingerprint density at radius 3 is 2.46 bits per heavy atom. The zero-order chi connectivity index (χ0) is 37.1. The fourth-order valence-corrected chi connectivity index (χ4v) is 8.30. The molecule has 0 unspecified atom stereocenters. The largest absolute Gasteiger partial charge is 0.490 e. The predicted octanol–water partition coefficient (Wildman–Crippen LogP) is 7.31. The molecule has 1 amide bonds. The summed E-state index contributed by atoms with van der Waals surface area (Å²) < 4.78 is 39.8. The van der Waals surface area contributed by atoms with Gasteiger partial charge in [0.2, 0.25) is 5.79 Å². The van der Waals surface area contributed by atoms with Crippen molar-refractivity contribution in [2.24, 2.45) is 22.9 Å². The van der Waals surface area contributed by atoms with Crippen LogP contribution in [0.25, 0.3) is 0 Å². The maximum atomic E-state index is 14.1. The smallest absolute Gasteiger partial charge is 0.410 e. The van der Waals surface area contributed by atoms with Crippen molar-refractivity contribution in [1.82, 2.24) is 4.90 Å². The third kappa shape index (κ3) is 8.37. The van der Waals surface area contributed by atoms with Crippen molar-refractivity contribution < 1.29 is 43.2 Å². The van der Waals surface area contributed by atoms with Gasteiger partial charge in [0, 0.05) is 37.7 Å². The highest BCUT2D eigenvalue weighted by molar-refractivity contribution is 6.02. The third-order valence-corrected chi connectivity index (χ3v) is 10.4. The summed E-state index contributed by atoms with van der Waals surface area (Å²) in [4.78, 5) is 21.2. The number of oxime groups is 1. The highest BCUT2D eigenvalue weighted by Gasteiger charge is 2.65. The summed E-state index contributed by atoms with van der Waals surface area (Å²) in [5, 5.41) is 24.1. The van der Waals surface area contributed by atoms with E-state index in [0.717, 1.165) is 36.8 Å². The molecule has 3 aliphatic rings. The Kier molecular flexibility index (Phi) is 13.9. The van der Waals surface area contributed by atoms with Crippen LogP contribution in [0.1, 0.15) is 68.9 Å². The molecule has 0 aromatic heterocycles. The lowest BCUT2D eigenvalue weighted by Crippen LogP contribution is -2.70. The molecule has 282 valence electrons. The van der Waals surface area contributed by atoms with Crippen molar-refractivity contribution in [3.05, 3.63) is 96.4 Å². The van der Waals surface area contributed by atoms with Gasteiger partial charge in [-0.3, -0.25) is 4.90 Å². The summed E-state index contributed by atoms with van der Waals surface area (Å²) in [5.74, 6) is -1.04. The van der Waals surface area contributed by atoms with Crippen LogP contribution in [-0.2, 0) is 20.9 Å². The van der Waals surface area contributed by atoms with E-state index in [4.69, 9.17) is 23.8 Å². The van der Waals surface area contributed by atoms with Crippen LogP contribution in [0.3, 0.4) is 0 Å². The van der Waals surface area contributed by atoms with Gasteiger partial charge in [0.15, 0.2) is 0 Å². The van der Waals surface area contributed by atoms with Crippen molar-refractivity contribution >= 4 is 11.8 Å². The Morgan fingerprint density at radius 2 is 1.79 bits per heavy atom. The van der Waals surface area contributed by atoms with Crippen LogP contribution < -0.4 is 9.47 Å². The second-order valence-corrected chi connectivity index (χ2v) is 13.5. The standard InChI is InChI=1S/C41H53FN2O8/c1-5-22-50-31-18-19-36-34(25-31)38-32(13-9-11-21-46)29(12-8-10-20-45)24-33-35(43-48-4)26-37(41(52-36,39(33)38)51-23-6-2)44(40(47)49-7-3)27-28-14-16-30(42)17-15-28/h5-6,14-19,24-25,29,32,37-39,45-46H,1-2,7-13,20-23,26-27H2,3-4H3/t29-,32+,37-,38+,39+,41+/m0/s1. The van der Waals surface area contributed by atoms with Crippen LogP contribution in [0.2, 0.25) is 0 Å². The summed E-state index contributed by atoms with van der Waals surface area (Å²) in [6, 6.07) is 11.1. The lowest BCUT2D eigenvalue weighted by atomic mass is 9.55. The topological polar surface area (TPSA) is 119 Å². The van der Waals surface area contributed by atoms with Gasteiger partial charge in [-0.1, -0.05) is 54.9 Å². The van der Waals surface area contributed by atoms with E-state index in [1.54, 1.807) is 36.1 Å². The number of hydrogen-bond acceptors (Lipinski definition) is 9. The molecular formula is C41H53FN2O8. The van der Waals surface area contributed by atoms with Crippen LogP contribution >= 0.6 is 0 Å². The highest BCUT2D eigenvalue weighted by Crippen LogP contribution is 2.62. The first-order valence-electron chi connectivity index (χ1n) is 18.4. The number of unbranched alkanes of at least 4 members (excludes halogenated alkanes) is 2. The van der Waals surface area contributed by atoms with Gasteiger partial charge in [0.05, 0.1) is 24.8 Å². The number of benzene rings is 2. The average molecular weight is 721 g/mol. The van der Waals surface area contributed by atoms with Gasteiger partial charge in [-0.05, 0) is 85.9 Å². The molecule has 10 nitrogen and oxygen atoms in total. The maximum Gasteiger partial charge on any atom is 0.410 e. The van der Waals surface area contributed by atoms with Gasteiger partial charge in [-0.25, -0.2) is 9.18 Å². The lowest BCUT2D eigenvalue weighted by molar-refractivity contribution is -0.256. The molecule has 0 saturated heterocycles. The number of fused-ring (bicyclic) bond motifs is 2. The van der Waals surface area contributed by atoms with E-state index in [-0.39, 0.29) is 63.0 Å². The summed E-state index contributed by atoms with van der Waals surface area (Å²) in [5.41, 5.74) is 3.25. The molecule has 6 atom stereocenters. The van der Waals surface area contributed by atoms with E-state index >= 15 is 0 Å². The number of amides is 1. The second-order valence-electron chi connectivity index (χ2n) is 13.5. The van der Waals surface area contributed by atoms with Crippen molar-refractivity contribution in [3.8, 4) is 11.5 Å². The molecule has 0 spiro atoms. The Hall–Kier alpha value is -4.19. The molecule has 11 heteroatoms. The first kappa shape index (κ1) is 39.0. The molecule has 5 rings (SSSR count). The SMILES string of the molecule is C=CCOc1ccc2c(c1)[C@H]1[C@H](CCCCO)[C@@H](CCCCO)C=C3C(=NOC)C[C@H](N(Cc4ccc(F)cc4)C(=O)OCC)[C@@](OCC=C)(O2)[C@H]31. The number of nitrogens with zero attached hydrogens (tertiary/aromatic N) is 2. The molecule has 0 radical (unpaired) electrons. The third-order valence-electron chi connectivity index (χ3n) is 10.4. The van der Waals surface area contributed by atoms with Crippen molar-refractivity contribution in [1.29, 1.82) is 0 Å². The molecular weight excluding hydrogens is 667 g/mol. The van der Waals surface area contributed by atoms with Crippen LogP contribution in [0.4, 0.5) is 9.18 Å². The summed E-state index contributed by atoms with van der Waals surface area (Å²) in [6.07, 6.45) is 9.91. The molecule has 1 heterocycles. The quantitative estimate of drug-likeness (QED) is 0.0882. The minimum absolute atomic E-state index is 0.0682. The number of hydrogen-bond donors (Lipinski definition) is 2. The van der Waals surface area contributed by atoms with Gasteiger partial charge in [-0.2, -0.15) is 0 Å². The summed E-state index contributed by atoms with van der Waals surface area (Å²) in [6.45, 7) is 10.4. The van der Waals surface area contributed by atoms with E-state index in [1.807, 2.05) is 18.2 Å². The summed E-state index contributed by atoms with van der Waals surface area (Å²) >= 11 is 0. The van der Waals surface area contributed by atoms with E-state index < -0.39 is 23.8 Å². The zero-order valence-electron chi connectivity index (χ0n) is 30.4. The van der Waals surface area contributed by atoms with Crippen LogP contribution in [-0.4, -0.2) is 78.9 Å². The van der Waals surface area contributed by atoms with Gasteiger partial charge in [0.1, 0.15) is 37.1 Å². The highest BCUT2D eigenvalue weighted by atomic mass is 19.1. The molecule has 1 fully saturated rings. The van der Waals surface area contributed by atoms with Crippen LogP contribution in [0.15, 0.2) is 84.6 Å². The first-order chi connectivity index (χ1) is 25.3. The average Bonchev–Trinajstić information content (AvgIpc) is 3.15. The van der Waals surface area contributed by atoms with Crippen LogP contribution in [0.5, 0.6) is 11.5 Å². The molecule has 52 heavy (non-hydrogen) atoms. The van der Waals surface area contributed by atoms with E-state index in [2.05, 4.69) is 24.4 Å². The normalized spacial score (nSPS) is 25.2. The molecule has 2 aromatic carbocycles. The lowest BCUT2D eigenvalue weighted by Gasteiger charge is -2.59. The second kappa shape index (κ2) is 18.5. The molecule has 2 aromatic rings. The molecule has 2 aliphatic carbocycles. The van der Waals surface area contributed by atoms with Gasteiger partial charge < -0.3 is 34.0 Å².